The van der Waals surface area contributed by atoms with E-state index in [0.717, 1.165) is 6.08 Å². The molecule has 0 bridgehead atoms. The molecule has 2 nitrogen and oxygen atoms in total. The van der Waals surface area contributed by atoms with Crippen LogP contribution in [0.3, 0.4) is 0 Å². The van der Waals surface area contributed by atoms with Crippen molar-refractivity contribution in [3.8, 4) is 0 Å². The molecule has 54 valence electrons. The van der Waals surface area contributed by atoms with Crippen LogP contribution in [0.2, 0.25) is 0 Å². The second kappa shape index (κ2) is 10.8. The number of benzene rings is 1. The number of hydrogen-bond donors (Lipinski definition) is 1. The van der Waals surface area contributed by atoms with Gasteiger partial charge in [0.1, 0.15) is 0 Å². The maximum atomic E-state index is 8.35. The predicted octanol–water partition coefficient (Wildman–Crippen LogP) is 1.70. The Hall–Kier alpha value is -1.05. The van der Waals surface area contributed by atoms with Gasteiger partial charge in [-0.3, -0.25) is 0 Å². The first-order chi connectivity index (χ1) is 4.41. The minimum Gasteiger partial charge on any atom is -0.222 e. The van der Waals surface area contributed by atoms with Gasteiger partial charge in [-0.2, -0.15) is 13.5 Å². The van der Waals surface area contributed by atoms with Crippen LogP contribution >= 0.6 is 13.5 Å². The Balaban J connectivity index is 0. The third-order valence-corrected chi connectivity index (χ3v) is 0.667. The molecule has 0 fully saturated rings. The van der Waals surface area contributed by atoms with Gasteiger partial charge in [0, 0.05) is 0 Å². The van der Waals surface area contributed by atoms with Crippen molar-refractivity contribution < 1.29 is 4.79 Å². The average molecular weight is 155 g/mol. The van der Waals surface area contributed by atoms with E-state index < -0.39 is 0 Å². The van der Waals surface area contributed by atoms with Crippen LogP contribution in [0.4, 0.5) is 0 Å². The summed E-state index contributed by atoms with van der Waals surface area (Å²) in [6.07, 6.45) is 0.750. The van der Waals surface area contributed by atoms with E-state index in [4.69, 9.17) is 10.2 Å². The molecule has 0 aliphatic carbocycles. The number of rotatable bonds is 0. The summed E-state index contributed by atoms with van der Waals surface area (Å²) >= 11 is 0. The average Bonchev–Trinajstić information content (AvgIpc) is 1.93. The lowest BCUT2D eigenvalue weighted by molar-refractivity contribution is 0.563. The van der Waals surface area contributed by atoms with Crippen LogP contribution in [0.25, 0.3) is 0 Å². The standard InChI is InChI=1S/C6H6.CHNO.H2S/c1-2-4-6-5-3-1;2-1-3;/h1-6H;2H;1H2. The number of nitrogens with one attached hydrogen (secondary N) is 1. The van der Waals surface area contributed by atoms with Gasteiger partial charge in [0.25, 0.3) is 0 Å². The molecule has 0 atom stereocenters. The molecule has 1 N–H and O–H groups in total. The van der Waals surface area contributed by atoms with E-state index in [-0.39, 0.29) is 13.5 Å². The van der Waals surface area contributed by atoms with Gasteiger partial charge in [0.15, 0.2) is 0 Å². The normalized spacial score (nSPS) is 5.60. The minimum atomic E-state index is 0. The van der Waals surface area contributed by atoms with Crippen LogP contribution in [0, 0.1) is 5.41 Å². The lowest BCUT2D eigenvalue weighted by Gasteiger charge is -1.69. The van der Waals surface area contributed by atoms with E-state index in [1.807, 2.05) is 36.4 Å². The fourth-order valence-corrected chi connectivity index (χ4v) is 0.385. The number of carbonyl (C=O) groups excluding carboxylic acids is 1. The largest absolute Gasteiger partial charge is 0.231 e. The quantitative estimate of drug-likeness (QED) is 0.449. The first kappa shape index (κ1) is 11.7. The monoisotopic (exact) mass is 155 g/mol. The molecular formula is C7H9NOS. The zero-order valence-corrected chi connectivity index (χ0v) is 6.37. The first-order valence-electron chi connectivity index (χ1n) is 2.45. The summed E-state index contributed by atoms with van der Waals surface area (Å²) in [6.45, 7) is 0. The number of isocyanates is 1. The second-order valence-corrected chi connectivity index (χ2v) is 1.26. The molecule has 0 saturated heterocycles. The molecular weight excluding hydrogens is 146 g/mol. The fourth-order valence-electron chi connectivity index (χ4n) is 0.385. The molecule has 0 aliphatic heterocycles. The van der Waals surface area contributed by atoms with Crippen molar-refractivity contribution in [3.63, 3.8) is 0 Å². The highest BCUT2D eigenvalue weighted by molar-refractivity contribution is 7.59. The van der Waals surface area contributed by atoms with Gasteiger partial charge in [-0.25, -0.2) is 10.2 Å². The lowest BCUT2D eigenvalue weighted by atomic mass is 10.4. The predicted molar refractivity (Wildman–Crippen MR) is 45.2 cm³/mol. The van der Waals surface area contributed by atoms with Crippen molar-refractivity contribution in [2.75, 3.05) is 0 Å². The molecule has 1 aromatic carbocycles. The van der Waals surface area contributed by atoms with Gasteiger partial charge in [-0.1, -0.05) is 36.4 Å². The van der Waals surface area contributed by atoms with Gasteiger partial charge in [0.05, 0.1) is 0 Å². The Morgan fingerprint density at radius 1 is 0.900 bits per heavy atom. The van der Waals surface area contributed by atoms with Gasteiger partial charge in [-0.15, -0.1) is 0 Å². The maximum Gasteiger partial charge on any atom is 0.231 e. The SMILES string of the molecule is N=C=O.S.c1ccccc1. The topological polar surface area (TPSA) is 40.9 Å². The molecule has 0 radical (unpaired) electrons. The van der Waals surface area contributed by atoms with Gasteiger partial charge in [-0.05, 0) is 0 Å². The van der Waals surface area contributed by atoms with Crippen molar-refractivity contribution in [1.29, 1.82) is 5.41 Å². The van der Waals surface area contributed by atoms with Crippen molar-refractivity contribution in [2.24, 2.45) is 0 Å². The molecule has 3 heteroatoms. The highest BCUT2D eigenvalue weighted by atomic mass is 32.1. The van der Waals surface area contributed by atoms with Crippen LogP contribution in [0.5, 0.6) is 0 Å². The molecule has 0 aromatic heterocycles. The first-order valence-corrected chi connectivity index (χ1v) is 2.45. The van der Waals surface area contributed by atoms with E-state index in [1.54, 1.807) is 0 Å². The van der Waals surface area contributed by atoms with Crippen molar-refractivity contribution >= 4 is 19.6 Å². The van der Waals surface area contributed by atoms with E-state index in [9.17, 15) is 0 Å². The molecule has 0 amide bonds. The Kier molecular flexibility index (Phi) is 12.7. The Morgan fingerprint density at radius 2 is 1.00 bits per heavy atom. The molecule has 0 heterocycles. The Bertz CT molecular complexity index is 144. The summed E-state index contributed by atoms with van der Waals surface area (Å²) in [5.41, 5.74) is 0. The van der Waals surface area contributed by atoms with Crippen molar-refractivity contribution in [2.45, 2.75) is 0 Å². The van der Waals surface area contributed by atoms with Gasteiger partial charge < -0.3 is 0 Å². The van der Waals surface area contributed by atoms with Crippen LogP contribution < -0.4 is 0 Å². The summed E-state index contributed by atoms with van der Waals surface area (Å²) in [5, 5.41) is 5.40. The van der Waals surface area contributed by atoms with Crippen LogP contribution in [-0.2, 0) is 4.79 Å². The summed E-state index contributed by atoms with van der Waals surface area (Å²) < 4.78 is 0. The van der Waals surface area contributed by atoms with Gasteiger partial charge in [0.2, 0.25) is 6.08 Å². The molecule has 10 heavy (non-hydrogen) atoms. The lowest BCUT2D eigenvalue weighted by Crippen LogP contribution is -1.47. The molecule has 1 rings (SSSR count). The maximum absolute atomic E-state index is 8.35. The third kappa shape index (κ3) is 10.0. The van der Waals surface area contributed by atoms with Crippen LogP contribution in [0.15, 0.2) is 36.4 Å². The summed E-state index contributed by atoms with van der Waals surface area (Å²) in [7, 11) is 0. The fraction of sp³-hybridized carbons (Fsp3) is 0. The number of hydrogen-bond acceptors (Lipinski definition) is 2. The van der Waals surface area contributed by atoms with Crippen molar-refractivity contribution in [1.82, 2.24) is 0 Å². The molecule has 0 spiro atoms. The summed E-state index contributed by atoms with van der Waals surface area (Å²) in [6, 6.07) is 12.0. The van der Waals surface area contributed by atoms with E-state index >= 15 is 0 Å². The zero-order valence-electron chi connectivity index (χ0n) is 5.37. The van der Waals surface area contributed by atoms with E-state index in [2.05, 4.69) is 0 Å². The van der Waals surface area contributed by atoms with E-state index in [0.29, 0.717) is 0 Å². The minimum absolute atomic E-state index is 0. The van der Waals surface area contributed by atoms with Crippen LogP contribution in [0.1, 0.15) is 0 Å². The van der Waals surface area contributed by atoms with E-state index in [1.165, 1.54) is 0 Å². The summed E-state index contributed by atoms with van der Waals surface area (Å²) in [5.74, 6) is 0. The summed E-state index contributed by atoms with van der Waals surface area (Å²) in [4.78, 5) is 8.35. The Morgan fingerprint density at radius 3 is 1.10 bits per heavy atom. The van der Waals surface area contributed by atoms with Gasteiger partial charge >= 0.3 is 0 Å². The highest BCUT2D eigenvalue weighted by Gasteiger charge is 1.57. The second-order valence-electron chi connectivity index (χ2n) is 1.26. The molecule has 0 saturated carbocycles. The highest BCUT2D eigenvalue weighted by Crippen LogP contribution is 1.79. The Labute approximate surface area is 66.8 Å². The molecule has 1 aromatic rings. The third-order valence-electron chi connectivity index (χ3n) is 0.667. The molecule has 0 unspecified atom stereocenters. The molecule has 0 aliphatic rings. The smallest absolute Gasteiger partial charge is 0.222 e. The van der Waals surface area contributed by atoms with Crippen molar-refractivity contribution in [3.05, 3.63) is 36.4 Å². The zero-order chi connectivity index (χ0) is 6.95. The van der Waals surface area contributed by atoms with Crippen LogP contribution in [-0.4, -0.2) is 6.08 Å².